The number of rotatable bonds is 6. The summed E-state index contributed by atoms with van der Waals surface area (Å²) in [4.78, 5) is 0. The minimum atomic E-state index is -0.163. The van der Waals surface area contributed by atoms with Crippen LogP contribution < -0.4 is 0 Å². The molecule has 0 unspecified atom stereocenters. The van der Waals surface area contributed by atoms with E-state index in [2.05, 4.69) is 70.5 Å². The summed E-state index contributed by atoms with van der Waals surface area (Å²) in [6.45, 7) is 18.6. The van der Waals surface area contributed by atoms with E-state index in [0.29, 0.717) is 22.6 Å². The van der Waals surface area contributed by atoms with Crippen LogP contribution in [0.15, 0.2) is 83.3 Å². The van der Waals surface area contributed by atoms with Gasteiger partial charge in [-0.05, 0) is 59.2 Å². The molecule has 0 fully saturated rings. The fraction of sp³-hybridized carbons (Fsp3) is 0.290. The largest absolute Gasteiger partial charge is 0.421 e. The molecule has 0 bridgehead atoms. The predicted molar refractivity (Wildman–Crippen MR) is 151 cm³/mol. The zero-order valence-electron chi connectivity index (χ0n) is 22.8. The molecule has 2 aromatic carbocycles. The van der Waals surface area contributed by atoms with E-state index in [1.165, 1.54) is 5.56 Å². The van der Waals surface area contributed by atoms with Gasteiger partial charge < -0.3 is 9.15 Å². The average molecular weight is 497 g/mol. The molecule has 0 aliphatic carbocycles. The van der Waals surface area contributed by atoms with Crippen LogP contribution in [-0.2, 0) is 15.6 Å². The molecule has 0 atom stereocenters. The lowest BCUT2D eigenvalue weighted by molar-refractivity contribution is 0.537. The molecule has 0 spiro atoms. The average Bonchev–Trinajstić information content (AvgIpc) is 3.34. The van der Waals surface area contributed by atoms with E-state index >= 15 is 0 Å². The van der Waals surface area contributed by atoms with Gasteiger partial charge in [-0.2, -0.15) is 0 Å². The molecule has 1 aromatic heterocycles. The van der Waals surface area contributed by atoms with E-state index < -0.39 is 0 Å². The second kappa shape index (κ2) is 10.9. The SMILES string of the molecule is C=C/C(=C\C(=C/C)C(=N)OC(=N)c1ccc(C(C)(C)C)cc1)c1nnc(-c2ccc(C(C)(C)C)cc2)o1. The number of benzene rings is 2. The zero-order valence-corrected chi connectivity index (χ0v) is 22.8. The van der Waals surface area contributed by atoms with Crippen LogP contribution >= 0.6 is 0 Å². The van der Waals surface area contributed by atoms with E-state index in [1.807, 2.05) is 36.4 Å². The summed E-state index contributed by atoms with van der Waals surface area (Å²) in [6.07, 6.45) is 5.00. The first-order valence-electron chi connectivity index (χ1n) is 12.2. The van der Waals surface area contributed by atoms with E-state index in [-0.39, 0.29) is 28.5 Å². The first kappa shape index (κ1) is 27.5. The summed E-state index contributed by atoms with van der Waals surface area (Å²) in [5, 5.41) is 25.1. The molecule has 6 heteroatoms. The van der Waals surface area contributed by atoms with Crippen LogP contribution in [0.5, 0.6) is 0 Å². The Kier molecular flexibility index (Phi) is 8.12. The van der Waals surface area contributed by atoms with Gasteiger partial charge >= 0.3 is 0 Å². The molecule has 6 nitrogen and oxygen atoms in total. The van der Waals surface area contributed by atoms with Gasteiger partial charge in [-0.1, -0.05) is 84.5 Å². The van der Waals surface area contributed by atoms with Crippen molar-refractivity contribution in [3.63, 3.8) is 0 Å². The number of allylic oxidation sites excluding steroid dienone is 3. The quantitative estimate of drug-likeness (QED) is 0.206. The first-order chi connectivity index (χ1) is 17.3. The van der Waals surface area contributed by atoms with Crippen LogP contribution in [0.3, 0.4) is 0 Å². The summed E-state index contributed by atoms with van der Waals surface area (Å²) in [6, 6.07) is 15.7. The van der Waals surface area contributed by atoms with Crippen molar-refractivity contribution in [1.82, 2.24) is 10.2 Å². The lowest BCUT2D eigenvalue weighted by Crippen LogP contribution is -2.15. The summed E-state index contributed by atoms with van der Waals surface area (Å²) < 4.78 is 11.5. The van der Waals surface area contributed by atoms with Gasteiger partial charge in [-0.3, -0.25) is 10.8 Å². The van der Waals surface area contributed by atoms with Gasteiger partial charge in [-0.15, -0.1) is 10.2 Å². The summed E-state index contributed by atoms with van der Waals surface area (Å²) in [5.41, 5.74) is 4.88. The van der Waals surface area contributed by atoms with Gasteiger partial charge in [0.1, 0.15) is 0 Å². The summed E-state index contributed by atoms with van der Waals surface area (Å²) >= 11 is 0. The van der Waals surface area contributed by atoms with Crippen LogP contribution in [0.25, 0.3) is 17.0 Å². The third-order valence-electron chi connectivity index (χ3n) is 5.99. The maximum Gasteiger partial charge on any atom is 0.248 e. The molecule has 2 N–H and O–H groups in total. The fourth-order valence-electron chi connectivity index (χ4n) is 3.57. The third kappa shape index (κ3) is 6.79. The Bertz CT molecular complexity index is 1340. The highest BCUT2D eigenvalue weighted by atomic mass is 16.5. The molecule has 0 saturated carbocycles. The number of ether oxygens (including phenoxy) is 1. The first-order valence-corrected chi connectivity index (χ1v) is 12.2. The van der Waals surface area contributed by atoms with Crippen molar-refractivity contribution < 1.29 is 9.15 Å². The molecule has 0 saturated heterocycles. The van der Waals surface area contributed by atoms with Crippen molar-refractivity contribution in [1.29, 1.82) is 10.8 Å². The van der Waals surface area contributed by atoms with Crippen molar-refractivity contribution in [2.75, 3.05) is 0 Å². The Balaban J connectivity index is 1.76. The minimum absolute atomic E-state index is 0.0166. The molecule has 0 aliphatic heterocycles. The van der Waals surface area contributed by atoms with Gasteiger partial charge in [0.2, 0.25) is 23.6 Å². The maximum atomic E-state index is 8.43. The normalized spacial score (nSPS) is 12.8. The maximum absolute atomic E-state index is 8.43. The molecule has 3 aromatic rings. The van der Waals surface area contributed by atoms with E-state index in [9.17, 15) is 0 Å². The Morgan fingerprint density at radius 2 is 1.41 bits per heavy atom. The number of nitrogens with zero attached hydrogens (tertiary/aromatic N) is 2. The number of hydrogen-bond acceptors (Lipinski definition) is 6. The summed E-state index contributed by atoms with van der Waals surface area (Å²) in [7, 11) is 0. The van der Waals surface area contributed by atoms with Crippen LogP contribution in [0.1, 0.15) is 71.0 Å². The van der Waals surface area contributed by atoms with Gasteiger partial charge in [-0.25, -0.2) is 0 Å². The highest BCUT2D eigenvalue weighted by Gasteiger charge is 2.18. The standard InChI is InChI=1S/C31H36N4O2/c1-9-20(26(32)36-27(33)22-11-15-24(16-12-22)30(3,4)5)19-21(10-2)28-34-35-29(37-28)23-13-17-25(18-14-23)31(6,7)8/h9-19,32-33H,2H2,1,3-8H3/b20-9+,21-19+,32-26?,33-27?. The van der Waals surface area contributed by atoms with Crippen molar-refractivity contribution >= 4 is 17.4 Å². The second-order valence-corrected chi connectivity index (χ2v) is 10.9. The van der Waals surface area contributed by atoms with Crippen molar-refractivity contribution in [2.24, 2.45) is 0 Å². The Hall–Kier alpha value is -4.06. The fourth-order valence-corrected chi connectivity index (χ4v) is 3.57. The van der Waals surface area contributed by atoms with Crippen molar-refractivity contribution in [3.8, 4) is 11.5 Å². The molecule has 0 aliphatic rings. The molecule has 37 heavy (non-hydrogen) atoms. The van der Waals surface area contributed by atoms with Gasteiger partial charge in [0.15, 0.2) is 0 Å². The molecule has 0 radical (unpaired) electrons. The second-order valence-electron chi connectivity index (χ2n) is 10.9. The van der Waals surface area contributed by atoms with E-state index in [1.54, 1.807) is 25.2 Å². The predicted octanol–water partition coefficient (Wildman–Crippen LogP) is 7.87. The topological polar surface area (TPSA) is 95.8 Å². The summed E-state index contributed by atoms with van der Waals surface area (Å²) in [5.74, 6) is 0.420. The van der Waals surface area contributed by atoms with Gasteiger partial charge in [0.25, 0.3) is 0 Å². The van der Waals surface area contributed by atoms with Crippen molar-refractivity contribution in [2.45, 2.75) is 59.3 Å². The molecule has 192 valence electrons. The van der Waals surface area contributed by atoms with Crippen LogP contribution in [0.2, 0.25) is 0 Å². The minimum Gasteiger partial charge on any atom is -0.421 e. The van der Waals surface area contributed by atoms with Gasteiger partial charge in [0.05, 0.1) is 0 Å². The van der Waals surface area contributed by atoms with Crippen LogP contribution in [0, 0.1) is 10.8 Å². The molecule has 0 amide bonds. The zero-order chi connectivity index (χ0) is 27.4. The van der Waals surface area contributed by atoms with Gasteiger partial charge in [0, 0.05) is 22.3 Å². The number of nitrogens with one attached hydrogen (secondary N) is 2. The lowest BCUT2D eigenvalue weighted by atomic mass is 9.87. The molecular weight excluding hydrogens is 460 g/mol. The smallest absolute Gasteiger partial charge is 0.248 e. The molecular formula is C31H36N4O2. The lowest BCUT2D eigenvalue weighted by Gasteiger charge is -2.19. The van der Waals surface area contributed by atoms with Crippen LogP contribution in [0.4, 0.5) is 0 Å². The Morgan fingerprint density at radius 3 is 1.89 bits per heavy atom. The Morgan fingerprint density at radius 1 is 0.865 bits per heavy atom. The highest BCUT2D eigenvalue weighted by Crippen LogP contribution is 2.27. The van der Waals surface area contributed by atoms with E-state index in [4.69, 9.17) is 20.0 Å². The third-order valence-corrected chi connectivity index (χ3v) is 5.99. The van der Waals surface area contributed by atoms with Crippen molar-refractivity contribution in [3.05, 3.63) is 101 Å². The molecule has 1 heterocycles. The monoisotopic (exact) mass is 496 g/mol. The van der Waals surface area contributed by atoms with Crippen LogP contribution in [-0.4, -0.2) is 22.0 Å². The Labute approximate surface area is 219 Å². The van der Waals surface area contributed by atoms with E-state index in [0.717, 1.165) is 11.1 Å². The highest BCUT2D eigenvalue weighted by molar-refractivity contribution is 6.06. The molecule has 3 rings (SSSR count). The number of aromatic nitrogens is 2. The number of hydrogen-bond donors (Lipinski definition) is 2.